The molecule has 1 aromatic rings. The van der Waals surface area contributed by atoms with Crippen LogP contribution in [-0.4, -0.2) is 15.0 Å². The molecule has 1 aliphatic rings. The first-order valence-electron chi connectivity index (χ1n) is 6.33. The van der Waals surface area contributed by atoms with Gasteiger partial charge in [0, 0.05) is 11.0 Å². The molecule has 0 heterocycles. The van der Waals surface area contributed by atoms with Gasteiger partial charge in [-0.25, -0.2) is 17.5 Å². The third kappa shape index (κ3) is 3.55. The minimum atomic E-state index is -3.77. The Balaban J connectivity index is 2.10. The van der Waals surface area contributed by atoms with E-state index in [0.29, 0.717) is 11.0 Å². The summed E-state index contributed by atoms with van der Waals surface area (Å²) in [5.74, 6) is -0.734. The molecule has 0 saturated heterocycles. The number of sulfonamides is 1. The van der Waals surface area contributed by atoms with Gasteiger partial charge < -0.3 is 0 Å². The second-order valence-electron chi connectivity index (χ2n) is 5.15. The maximum atomic E-state index is 13.7. The first-order chi connectivity index (χ1) is 8.88. The van der Waals surface area contributed by atoms with Crippen LogP contribution >= 0.6 is 15.9 Å². The van der Waals surface area contributed by atoms with Gasteiger partial charge in [-0.05, 0) is 42.9 Å². The quantitative estimate of drug-likeness (QED) is 0.854. The van der Waals surface area contributed by atoms with Crippen LogP contribution in [0.3, 0.4) is 0 Å². The van der Waals surface area contributed by atoms with Gasteiger partial charge in [0.25, 0.3) is 0 Å². The monoisotopic (exact) mass is 349 g/mol. The third-order valence-electron chi connectivity index (χ3n) is 3.56. The van der Waals surface area contributed by atoms with Crippen LogP contribution in [0.2, 0.25) is 0 Å². The van der Waals surface area contributed by atoms with Crippen molar-refractivity contribution in [2.75, 3.05) is 6.54 Å². The molecule has 0 amide bonds. The molecule has 6 heteroatoms. The molecule has 2 rings (SSSR count). The lowest BCUT2D eigenvalue weighted by atomic mass is 10.0. The van der Waals surface area contributed by atoms with Gasteiger partial charge >= 0.3 is 0 Å². The van der Waals surface area contributed by atoms with E-state index in [-0.39, 0.29) is 10.3 Å². The summed E-state index contributed by atoms with van der Waals surface area (Å²) >= 11 is 3.11. The minimum absolute atomic E-state index is 0.105. The second kappa shape index (κ2) is 5.50. The molecule has 1 aliphatic carbocycles. The summed E-state index contributed by atoms with van der Waals surface area (Å²) in [7, 11) is -3.77. The topological polar surface area (TPSA) is 46.2 Å². The fourth-order valence-electron chi connectivity index (χ4n) is 2.24. The Bertz CT molecular complexity index is 570. The zero-order valence-electron chi connectivity index (χ0n) is 10.7. The zero-order valence-corrected chi connectivity index (χ0v) is 13.2. The lowest BCUT2D eigenvalue weighted by molar-refractivity contribution is 0.448. The Morgan fingerprint density at radius 3 is 2.63 bits per heavy atom. The molecule has 1 aromatic carbocycles. The Hall–Kier alpha value is -0.460. The number of nitrogens with one attached hydrogen (secondary N) is 1. The molecule has 1 fully saturated rings. The van der Waals surface area contributed by atoms with Crippen molar-refractivity contribution < 1.29 is 12.8 Å². The van der Waals surface area contributed by atoms with Gasteiger partial charge in [0.15, 0.2) is 0 Å². The summed E-state index contributed by atoms with van der Waals surface area (Å²) < 4.78 is 40.9. The fraction of sp³-hybridized carbons (Fsp3) is 0.538. The Morgan fingerprint density at radius 2 is 2.11 bits per heavy atom. The molecule has 0 aliphatic heterocycles. The van der Waals surface area contributed by atoms with Gasteiger partial charge in [-0.15, -0.1) is 0 Å². The van der Waals surface area contributed by atoms with Crippen molar-refractivity contribution >= 4 is 26.0 Å². The van der Waals surface area contributed by atoms with Crippen LogP contribution in [0.5, 0.6) is 0 Å². The van der Waals surface area contributed by atoms with E-state index in [1.54, 1.807) is 0 Å². The number of halogens is 2. The average Bonchev–Trinajstić information content (AvgIpc) is 3.07. The highest BCUT2D eigenvalue weighted by molar-refractivity contribution is 9.10. The first-order valence-corrected chi connectivity index (χ1v) is 8.61. The van der Waals surface area contributed by atoms with Crippen LogP contribution in [-0.2, 0) is 10.0 Å². The fourth-order valence-corrected chi connectivity index (χ4v) is 3.79. The molecule has 0 bridgehead atoms. The summed E-state index contributed by atoms with van der Waals surface area (Å²) in [6, 6.07) is 3.96. The summed E-state index contributed by atoms with van der Waals surface area (Å²) in [5.41, 5.74) is 0.105. The van der Waals surface area contributed by atoms with E-state index >= 15 is 0 Å². The Labute approximate surface area is 121 Å². The minimum Gasteiger partial charge on any atom is -0.211 e. The van der Waals surface area contributed by atoms with Gasteiger partial charge in [-0.2, -0.15) is 0 Å². The molecule has 106 valence electrons. The molecule has 3 nitrogen and oxygen atoms in total. The molecular formula is C13H17BrFNO2S. The van der Waals surface area contributed by atoms with Crippen molar-refractivity contribution in [2.45, 2.75) is 37.5 Å². The van der Waals surface area contributed by atoms with Crippen molar-refractivity contribution in [3.05, 3.63) is 28.5 Å². The number of benzene rings is 1. The maximum Gasteiger partial charge on any atom is 0.243 e. The highest BCUT2D eigenvalue weighted by Gasteiger charge is 2.42. The average molecular weight is 350 g/mol. The number of hydrogen-bond acceptors (Lipinski definition) is 2. The summed E-state index contributed by atoms with van der Waals surface area (Å²) in [4.78, 5) is -0.289. The summed E-state index contributed by atoms with van der Waals surface area (Å²) in [5, 5.41) is 0. The predicted molar refractivity (Wildman–Crippen MR) is 75.9 cm³/mol. The molecule has 0 atom stereocenters. The highest BCUT2D eigenvalue weighted by Crippen LogP contribution is 2.49. The van der Waals surface area contributed by atoms with Crippen molar-refractivity contribution in [3.8, 4) is 0 Å². The lowest BCUT2D eigenvalue weighted by Crippen LogP contribution is -2.30. The van der Waals surface area contributed by atoms with Gasteiger partial charge in [0.2, 0.25) is 10.0 Å². The zero-order chi connectivity index (χ0) is 14.1. The van der Waals surface area contributed by atoms with Crippen LogP contribution in [0.4, 0.5) is 4.39 Å². The largest absolute Gasteiger partial charge is 0.243 e. The van der Waals surface area contributed by atoms with Crippen molar-refractivity contribution in [3.63, 3.8) is 0 Å². The van der Waals surface area contributed by atoms with E-state index in [1.165, 1.54) is 12.1 Å². The van der Waals surface area contributed by atoms with Gasteiger partial charge in [-0.3, -0.25) is 0 Å². The molecule has 0 radical (unpaired) electrons. The van der Waals surface area contributed by atoms with Gasteiger partial charge in [0.1, 0.15) is 10.7 Å². The van der Waals surface area contributed by atoms with E-state index < -0.39 is 15.8 Å². The van der Waals surface area contributed by atoms with Crippen LogP contribution in [0.15, 0.2) is 27.6 Å². The van der Waals surface area contributed by atoms with E-state index in [1.807, 2.05) is 0 Å². The molecule has 1 saturated carbocycles. The molecule has 19 heavy (non-hydrogen) atoms. The Morgan fingerprint density at radius 1 is 1.42 bits per heavy atom. The van der Waals surface area contributed by atoms with Crippen molar-refractivity contribution in [1.29, 1.82) is 0 Å². The van der Waals surface area contributed by atoms with Gasteiger partial charge in [0.05, 0.1) is 0 Å². The van der Waals surface area contributed by atoms with Crippen LogP contribution in [0.25, 0.3) is 0 Å². The van der Waals surface area contributed by atoms with E-state index in [2.05, 4.69) is 27.6 Å². The predicted octanol–water partition coefficient (Wildman–Crippen LogP) is 3.45. The van der Waals surface area contributed by atoms with Crippen molar-refractivity contribution in [2.24, 2.45) is 5.41 Å². The SMILES string of the molecule is CCCC1(CNS(=O)(=O)c2ccc(Br)cc2F)CC1. The summed E-state index contributed by atoms with van der Waals surface area (Å²) in [6.45, 7) is 2.49. The number of rotatable bonds is 6. The molecule has 0 spiro atoms. The van der Waals surface area contributed by atoms with E-state index in [4.69, 9.17) is 0 Å². The standard InChI is InChI=1S/C13H17BrFNO2S/c1-2-5-13(6-7-13)9-16-19(17,18)12-4-3-10(14)8-11(12)15/h3-4,8,16H,2,5-7,9H2,1H3. The maximum absolute atomic E-state index is 13.7. The van der Waals surface area contributed by atoms with Crippen molar-refractivity contribution in [1.82, 2.24) is 4.72 Å². The molecular weight excluding hydrogens is 333 g/mol. The smallest absolute Gasteiger partial charge is 0.211 e. The van der Waals surface area contributed by atoms with E-state index in [0.717, 1.165) is 31.7 Å². The highest BCUT2D eigenvalue weighted by atomic mass is 79.9. The summed E-state index contributed by atoms with van der Waals surface area (Å²) in [6.07, 6.45) is 4.14. The normalized spacial score (nSPS) is 17.4. The third-order valence-corrected chi connectivity index (χ3v) is 5.49. The van der Waals surface area contributed by atoms with Crippen LogP contribution < -0.4 is 4.72 Å². The van der Waals surface area contributed by atoms with Crippen LogP contribution in [0.1, 0.15) is 32.6 Å². The lowest BCUT2D eigenvalue weighted by Gasteiger charge is -2.15. The van der Waals surface area contributed by atoms with Crippen LogP contribution in [0, 0.1) is 11.2 Å². The second-order valence-corrected chi connectivity index (χ2v) is 7.80. The van der Waals surface area contributed by atoms with Gasteiger partial charge in [-0.1, -0.05) is 29.3 Å². The van der Waals surface area contributed by atoms with E-state index in [9.17, 15) is 12.8 Å². The Kier molecular flexibility index (Phi) is 4.32. The molecule has 0 aromatic heterocycles. The molecule has 1 N–H and O–H groups in total. The number of hydrogen-bond donors (Lipinski definition) is 1. The first kappa shape index (κ1) is 14.9. The molecule has 0 unspecified atom stereocenters.